The van der Waals surface area contributed by atoms with Crippen molar-refractivity contribution in [3.63, 3.8) is 0 Å². The molecule has 1 aliphatic rings. The molecule has 0 radical (unpaired) electrons. The van der Waals surface area contributed by atoms with Crippen molar-refractivity contribution in [2.24, 2.45) is 0 Å². The topological polar surface area (TPSA) is 33.3 Å². The van der Waals surface area contributed by atoms with Crippen molar-refractivity contribution in [3.8, 4) is 0 Å². The Hall–Kier alpha value is 0.0969. The summed E-state index contributed by atoms with van der Waals surface area (Å²) in [5, 5.41) is 6.96. The van der Waals surface area contributed by atoms with E-state index in [0.29, 0.717) is 12.1 Å². The zero-order valence-corrected chi connectivity index (χ0v) is 12.3. The molecule has 2 atom stereocenters. The summed E-state index contributed by atoms with van der Waals surface area (Å²) in [6, 6.07) is 4.25. The molecule has 1 rings (SSSR count). The summed E-state index contributed by atoms with van der Waals surface area (Å²) in [6.45, 7) is 12.2. The largest absolute Gasteiger partial charge is 0.411 e. The second-order valence-corrected chi connectivity index (χ2v) is 9.45. The van der Waals surface area contributed by atoms with Gasteiger partial charge in [0.25, 0.3) is 0 Å². The Balaban J connectivity index is 2.56. The first-order valence-corrected chi connectivity index (χ1v) is 9.36. The van der Waals surface area contributed by atoms with Gasteiger partial charge in [-0.3, -0.25) is 0 Å². The fourth-order valence-corrected chi connectivity index (χ4v) is 5.46. The van der Waals surface area contributed by atoms with E-state index in [2.05, 4.69) is 38.3 Å². The summed E-state index contributed by atoms with van der Waals surface area (Å²) < 4.78 is 6.53. The van der Waals surface area contributed by atoms with Crippen LogP contribution in [0.15, 0.2) is 0 Å². The Bertz CT molecular complexity index is 189. The Morgan fingerprint density at radius 1 is 1.12 bits per heavy atom. The Labute approximate surface area is 101 Å². The van der Waals surface area contributed by atoms with Crippen molar-refractivity contribution >= 4 is 8.32 Å². The third kappa shape index (κ3) is 3.29. The summed E-state index contributed by atoms with van der Waals surface area (Å²) >= 11 is 0. The van der Waals surface area contributed by atoms with Crippen molar-refractivity contribution in [1.29, 1.82) is 0 Å². The van der Waals surface area contributed by atoms with E-state index in [0.717, 1.165) is 19.6 Å². The van der Waals surface area contributed by atoms with Gasteiger partial charge in [-0.25, -0.2) is 0 Å². The van der Waals surface area contributed by atoms with Crippen molar-refractivity contribution in [3.05, 3.63) is 0 Å². The first-order valence-electron chi connectivity index (χ1n) is 6.83. The SMILES string of the molecule is CCN[C@H]1CNC[C@@H]1O[Si](CC)(CC)CC. The van der Waals surface area contributed by atoms with Crippen LogP contribution < -0.4 is 10.6 Å². The molecule has 0 aromatic carbocycles. The minimum Gasteiger partial charge on any atom is -0.411 e. The highest BCUT2D eigenvalue weighted by Crippen LogP contribution is 2.25. The maximum absolute atomic E-state index is 6.53. The van der Waals surface area contributed by atoms with E-state index >= 15 is 0 Å². The van der Waals surface area contributed by atoms with Gasteiger partial charge in [-0.1, -0.05) is 27.7 Å². The third-order valence-corrected chi connectivity index (χ3v) is 8.63. The summed E-state index contributed by atoms with van der Waals surface area (Å²) in [5.41, 5.74) is 0. The molecule has 3 nitrogen and oxygen atoms in total. The molecule has 0 amide bonds. The molecule has 0 unspecified atom stereocenters. The predicted octanol–water partition coefficient (Wildman–Crippen LogP) is 1.96. The molecule has 2 N–H and O–H groups in total. The van der Waals surface area contributed by atoms with Crippen molar-refractivity contribution in [1.82, 2.24) is 10.6 Å². The molecule has 0 bridgehead atoms. The second kappa shape index (κ2) is 6.74. The van der Waals surface area contributed by atoms with Crippen LogP contribution in [0, 0.1) is 0 Å². The van der Waals surface area contributed by atoms with Crippen LogP contribution in [0.3, 0.4) is 0 Å². The standard InChI is InChI=1S/C12H28N2OSi/c1-5-14-11-9-13-10-12(11)15-16(6-2,7-3)8-4/h11-14H,5-10H2,1-4H3/t11-,12-/m0/s1. The Kier molecular flexibility index (Phi) is 5.96. The molecule has 1 fully saturated rings. The number of likely N-dealkylation sites (N-methyl/N-ethyl adjacent to an activating group) is 1. The lowest BCUT2D eigenvalue weighted by molar-refractivity contribution is 0.175. The molecule has 0 aromatic heterocycles. The fourth-order valence-electron chi connectivity index (χ4n) is 2.57. The molecule has 16 heavy (non-hydrogen) atoms. The van der Waals surface area contributed by atoms with E-state index in [1.165, 1.54) is 18.1 Å². The molecule has 1 saturated heterocycles. The van der Waals surface area contributed by atoms with Gasteiger partial charge in [0.15, 0.2) is 8.32 Å². The van der Waals surface area contributed by atoms with Gasteiger partial charge in [0, 0.05) is 19.1 Å². The highest BCUT2D eigenvalue weighted by molar-refractivity contribution is 6.73. The number of rotatable bonds is 7. The van der Waals surface area contributed by atoms with E-state index < -0.39 is 8.32 Å². The van der Waals surface area contributed by atoms with Crippen LogP contribution in [-0.4, -0.2) is 40.1 Å². The van der Waals surface area contributed by atoms with Gasteiger partial charge in [-0.15, -0.1) is 0 Å². The van der Waals surface area contributed by atoms with Gasteiger partial charge in [0.05, 0.1) is 6.10 Å². The van der Waals surface area contributed by atoms with Crippen LogP contribution in [0.4, 0.5) is 0 Å². The van der Waals surface area contributed by atoms with Crippen LogP contribution in [0.2, 0.25) is 18.1 Å². The van der Waals surface area contributed by atoms with E-state index in [1.807, 2.05) is 0 Å². The smallest absolute Gasteiger partial charge is 0.192 e. The average molecular weight is 244 g/mol. The monoisotopic (exact) mass is 244 g/mol. The fraction of sp³-hybridized carbons (Fsp3) is 1.00. The zero-order valence-electron chi connectivity index (χ0n) is 11.3. The summed E-state index contributed by atoms with van der Waals surface area (Å²) in [4.78, 5) is 0. The number of hydrogen-bond acceptors (Lipinski definition) is 3. The molecule has 0 aliphatic carbocycles. The van der Waals surface area contributed by atoms with Crippen molar-refractivity contribution < 1.29 is 4.43 Å². The normalized spacial score (nSPS) is 26.2. The summed E-state index contributed by atoms with van der Waals surface area (Å²) in [5.74, 6) is 0. The maximum atomic E-state index is 6.53. The van der Waals surface area contributed by atoms with Crippen molar-refractivity contribution in [2.45, 2.75) is 58.0 Å². The van der Waals surface area contributed by atoms with E-state index in [1.54, 1.807) is 0 Å². The summed E-state index contributed by atoms with van der Waals surface area (Å²) in [7, 11) is -1.43. The maximum Gasteiger partial charge on any atom is 0.192 e. The van der Waals surface area contributed by atoms with E-state index in [9.17, 15) is 0 Å². The van der Waals surface area contributed by atoms with Gasteiger partial charge in [0.1, 0.15) is 0 Å². The molecule has 0 aromatic rings. The van der Waals surface area contributed by atoms with Gasteiger partial charge in [-0.2, -0.15) is 0 Å². The lowest BCUT2D eigenvalue weighted by atomic mass is 10.2. The molecule has 1 heterocycles. The molecule has 0 saturated carbocycles. The molecular formula is C12H28N2OSi. The third-order valence-electron chi connectivity index (χ3n) is 3.96. The molecule has 0 spiro atoms. The first-order chi connectivity index (χ1) is 7.71. The Morgan fingerprint density at radius 2 is 1.75 bits per heavy atom. The van der Waals surface area contributed by atoms with Crippen LogP contribution in [-0.2, 0) is 4.43 Å². The van der Waals surface area contributed by atoms with Crippen molar-refractivity contribution in [2.75, 3.05) is 19.6 Å². The zero-order chi connectivity index (χ0) is 12.0. The van der Waals surface area contributed by atoms with Gasteiger partial charge >= 0.3 is 0 Å². The van der Waals surface area contributed by atoms with Crippen LogP contribution in [0.5, 0.6) is 0 Å². The minimum atomic E-state index is -1.43. The van der Waals surface area contributed by atoms with Gasteiger partial charge < -0.3 is 15.1 Å². The molecule has 96 valence electrons. The lowest BCUT2D eigenvalue weighted by Gasteiger charge is -2.33. The minimum absolute atomic E-state index is 0.395. The lowest BCUT2D eigenvalue weighted by Crippen LogP contribution is -2.48. The first kappa shape index (κ1) is 14.2. The van der Waals surface area contributed by atoms with E-state index in [-0.39, 0.29) is 0 Å². The average Bonchev–Trinajstić information content (AvgIpc) is 2.74. The predicted molar refractivity (Wildman–Crippen MR) is 72.4 cm³/mol. The van der Waals surface area contributed by atoms with Crippen LogP contribution in [0.25, 0.3) is 0 Å². The van der Waals surface area contributed by atoms with Crippen LogP contribution >= 0.6 is 0 Å². The molecule has 4 heteroatoms. The van der Waals surface area contributed by atoms with E-state index in [4.69, 9.17) is 4.43 Å². The molecule has 1 aliphatic heterocycles. The number of nitrogens with one attached hydrogen (secondary N) is 2. The quantitative estimate of drug-likeness (QED) is 0.672. The molecular weight excluding hydrogens is 216 g/mol. The highest BCUT2D eigenvalue weighted by atomic mass is 28.4. The Morgan fingerprint density at radius 3 is 2.25 bits per heavy atom. The highest BCUT2D eigenvalue weighted by Gasteiger charge is 2.36. The summed E-state index contributed by atoms with van der Waals surface area (Å²) in [6.07, 6.45) is 0.395. The van der Waals surface area contributed by atoms with Crippen LogP contribution in [0.1, 0.15) is 27.7 Å². The van der Waals surface area contributed by atoms with Gasteiger partial charge in [0.2, 0.25) is 0 Å². The van der Waals surface area contributed by atoms with Gasteiger partial charge in [-0.05, 0) is 24.7 Å². The number of hydrogen-bond donors (Lipinski definition) is 2. The second-order valence-electron chi connectivity index (χ2n) is 4.72.